The lowest BCUT2D eigenvalue weighted by Crippen LogP contribution is -2.04. The van der Waals surface area contributed by atoms with Gasteiger partial charge in [-0.15, -0.1) is 0 Å². The number of anilines is 1. The van der Waals surface area contributed by atoms with Crippen LogP contribution in [-0.2, 0) is 6.54 Å². The van der Waals surface area contributed by atoms with Crippen LogP contribution in [0.3, 0.4) is 0 Å². The van der Waals surface area contributed by atoms with Crippen molar-refractivity contribution in [3.8, 4) is 0 Å². The maximum absolute atomic E-state index is 12.7. The van der Waals surface area contributed by atoms with Crippen molar-refractivity contribution in [2.45, 2.75) is 6.54 Å². The Bertz CT molecular complexity index is 602. The zero-order valence-electron chi connectivity index (χ0n) is 9.73. The summed E-state index contributed by atoms with van der Waals surface area (Å²) in [6.45, 7) is 0.411. The predicted molar refractivity (Wildman–Crippen MR) is 69.9 cm³/mol. The number of benzene rings is 1. The van der Waals surface area contributed by atoms with Gasteiger partial charge in [-0.3, -0.25) is 0 Å². The average molecular weight is 281 g/mol. The third-order valence-corrected chi connectivity index (χ3v) is 2.77. The van der Waals surface area contributed by atoms with Crippen molar-refractivity contribution in [3.63, 3.8) is 0 Å². The molecule has 6 heteroatoms. The van der Waals surface area contributed by atoms with Crippen LogP contribution in [0.25, 0.3) is 0 Å². The van der Waals surface area contributed by atoms with Crippen molar-refractivity contribution in [2.75, 3.05) is 5.32 Å². The van der Waals surface area contributed by atoms with Crippen LogP contribution in [0, 0.1) is 5.82 Å². The van der Waals surface area contributed by atoms with Crippen LogP contribution in [0.5, 0.6) is 0 Å². The lowest BCUT2D eigenvalue weighted by molar-refractivity contribution is 0.0697. The first-order valence-electron chi connectivity index (χ1n) is 5.43. The Morgan fingerprint density at radius 2 is 2.05 bits per heavy atom. The molecule has 2 rings (SSSR count). The topological polar surface area (TPSA) is 62.2 Å². The fraction of sp³-hybridized carbons (Fsp3) is 0.0769. The highest BCUT2D eigenvalue weighted by atomic mass is 35.5. The lowest BCUT2D eigenvalue weighted by Gasteiger charge is -2.07. The molecule has 0 saturated heterocycles. The van der Waals surface area contributed by atoms with Gasteiger partial charge in [-0.25, -0.2) is 14.2 Å². The molecule has 2 aromatic rings. The van der Waals surface area contributed by atoms with Crippen molar-refractivity contribution >= 4 is 23.4 Å². The maximum atomic E-state index is 12.7. The van der Waals surface area contributed by atoms with Crippen LogP contribution < -0.4 is 5.32 Å². The van der Waals surface area contributed by atoms with Gasteiger partial charge in [-0.05, 0) is 23.8 Å². The van der Waals surface area contributed by atoms with Gasteiger partial charge in [0.1, 0.15) is 11.6 Å². The van der Waals surface area contributed by atoms with Crippen LogP contribution >= 0.6 is 11.6 Å². The largest absolute Gasteiger partial charge is 0.478 e. The molecule has 0 unspecified atom stereocenters. The highest BCUT2D eigenvalue weighted by Gasteiger charge is 2.10. The van der Waals surface area contributed by atoms with E-state index in [1.54, 1.807) is 12.1 Å². The summed E-state index contributed by atoms with van der Waals surface area (Å²) < 4.78 is 12.7. The minimum Gasteiger partial charge on any atom is -0.478 e. The summed E-state index contributed by atoms with van der Waals surface area (Å²) in [6.07, 6.45) is 1.28. The van der Waals surface area contributed by atoms with Gasteiger partial charge in [0.2, 0.25) is 0 Å². The van der Waals surface area contributed by atoms with E-state index in [4.69, 9.17) is 16.7 Å². The molecule has 2 N–H and O–H groups in total. The summed E-state index contributed by atoms with van der Waals surface area (Å²) in [5, 5.41) is 12.0. The molecule has 98 valence electrons. The second kappa shape index (κ2) is 5.67. The smallest absolute Gasteiger partial charge is 0.337 e. The van der Waals surface area contributed by atoms with E-state index in [-0.39, 0.29) is 16.4 Å². The zero-order valence-corrected chi connectivity index (χ0v) is 10.5. The Balaban J connectivity index is 2.09. The molecule has 0 aliphatic carbocycles. The number of nitrogens with one attached hydrogen (secondary N) is 1. The van der Waals surface area contributed by atoms with Crippen molar-refractivity contribution < 1.29 is 14.3 Å². The number of hydrogen-bond acceptors (Lipinski definition) is 3. The highest BCUT2D eigenvalue weighted by molar-refractivity contribution is 6.33. The molecule has 4 nitrogen and oxygen atoms in total. The van der Waals surface area contributed by atoms with Gasteiger partial charge in [-0.1, -0.05) is 23.7 Å². The van der Waals surface area contributed by atoms with Gasteiger partial charge in [0.05, 0.1) is 10.6 Å². The molecule has 0 aliphatic heterocycles. The van der Waals surface area contributed by atoms with E-state index in [1.165, 1.54) is 24.4 Å². The van der Waals surface area contributed by atoms with Crippen LogP contribution in [-0.4, -0.2) is 16.1 Å². The molecular formula is C13H10ClFN2O2. The number of nitrogens with zero attached hydrogens (tertiary/aromatic N) is 1. The minimum absolute atomic E-state index is 0.0155. The molecule has 0 atom stereocenters. The van der Waals surface area contributed by atoms with Crippen molar-refractivity contribution in [1.29, 1.82) is 0 Å². The second-order valence-corrected chi connectivity index (χ2v) is 4.24. The number of aromatic nitrogens is 1. The quantitative estimate of drug-likeness (QED) is 0.903. The van der Waals surface area contributed by atoms with Gasteiger partial charge in [-0.2, -0.15) is 0 Å². The van der Waals surface area contributed by atoms with Gasteiger partial charge >= 0.3 is 5.97 Å². The number of rotatable bonds is 4. The first-order chi connectivity index (χ1) is 9.06. The summed E-state index contributed by atoms with van der Waals surface area (Å²) in [5.74, 6) is -1.02. The standard InChI is InChI=1S/C13H10ClFN2O2/c14-11-7-17-12(5-10(11)13(18)19)16-6-8-1-3-9(15)4-2-8/h1-5,7H,6H2,(H,16,17)(H,18,19). The molecule has 0 spiro atoms. The minimum atomic E-state index is -1.11. The second-order valence-electron chi connectivity index (χ2n) is 3.83. The molecule has 0 radical (unpaired) electrons. The Morgan fingerprint density at radius 3 is 2.68 bits per heavy atom. The fourth-order valence-corrected chi connectivity index (χ4v) is 1.68. The van der Waals surface area contributed by atoms with E-state index in [0.717, 1.165) is 5.56 Å². The summed E-state index contributed by atoms with van der Waals surface area (Å²) >= 11 is 5.71. The molecular weight excluding hydrogens is 271 g/mol. The molecule has 0 bridgehead atoms. The number of pyridine rings is 1. The SMILES string of the molecule is O=C(O)c1cc(NCc2ccc(F)cc2)ncc1Cl. The van der Waals surface area contributed by atoms with Crippen LogP contribution in [0.4, 0.5) is 10.2 Å². The van der Waals surface area contributed by atoms with E-state index in [1.807, 2.05) is 0 Å². The molecule has 0 fully saturated rings. The summed E-state index contributed by atoms with van der Waals surface area (Å²) in [4.78, 5) is 14.9. The fourth-order valence-electron chi connectivity index (χ4n) is 1.49. The van der Waals surface area contributed by atoms with Gasteiger partial charge in [0.15, 0.2) is 0 Å². The molecule has 19 heavy (non-hydrogen) atoms. The summed E-state index contributed by atoms with van der Waals surface area (Å²) in [6, 6.07) is 7.34. The number of carboxylic acids is 1. The molecule has 1 heterocycles. The summed E-state index contributed by atoms with van der Waals surface area (Å²) in [7, 11) is 0. The Morgan fingerprint density at radius 1 is 1.37 bits per heavy atom. The average Bonchev–Trinajstić information content (AvgIpc) is 2.39. The third-order valence-electron chi connectivity index (χ3n) is 2.47. The molecule has 0 amide bonds. The number of aromatic carboxylic acids is 1. The van der Waals surface area contributed by atoms with Crippen LogP contribution in [0.1, 0.15) is 15.9 Å². The van der Waals surface area contributed by atoms with Crippen molar-refractivity contribution in [3.05, 3.63) is 58.5 Å². The van der Waals surface area contributed by atoms with Crippen LogP contribution in [0.15, 0.2) is 36.5 Å². The van der Waals surface area contributed by atoms with E-state index in [0.29, 0.717) is 12.4 Å². The summed E-state index contributed by atoms with van der Waals surface area (Å²) in [5.41, 5.74) is 0.841. The van der Waals surface area contributed by atoms with E-state index < -0.39 is 5.97 Å². The molecule has 1 aromatic carbocycles. The normalized spacial score (nSPS) is 10.2. The zero-order chi connectivity index (χ0) is 13.8. The Labute approximate surface area is 113 Å². The third kappa shape index (κ3) is 3.42. The molecule has 1 aromatic heterocycles. The lowest BCUT2D eigenvalue weighted by atomic mass is 10.2. The Kier molecular flexibility index (Phi) is 3.97. The maximum Gasteiger partial charge on any atom is 0.337 e. The van der Waals surface area contributed by atoms with E-state index >= 15 is 0 Å². The number of carbonyl (C=O) groups is 1. The first-order valence-corrected chi connectivity index (χ1v) is 5.81. The molecule has 0 saturated carbocycles. The first kappa shape index (κ1) is 13.3. The number of carboxylic acid groups (broad SMARTS) is 1. The van der Waals surface area contributed by atoms with Gasteiger partial charge < -0.3 is 10.4 Å². The van der Waals surface area contributed by atoms with Gasteiger partial charge in [0, 0.05) is 12.7 Å². The molecule has 0 aliphatic rings. The van der Waals surface area contributed by atoms with Crippen molar-refractivity contribution in [1.82, 2.24) is 4.98 Å². The monoisotopic (exact) mass is 280 g/mol. The van der Waals surface area contributed by atoms with E-state index in [9.17, 15) is 9.18 Å². The van der Waals surface area contributed by atoms with Crippen LogP contribution in [0.2, 0.25) is 5.02 Å². The Hall–Kier alpha value is -2.14. The van der Waals surface area contributed by atoms with E-state index in [2.05, 4.69) is 10.3 Å². The van der Waals surface area contributed by atoms with Gasteiger partial charge in [0.25, 0.3) is 0 Å². The van der Waals surface area contributed by atoms with Crippen molar-refractivity contribution in [2.24, 2.45) is 0 Å². The predicted octanol–water partition coefficient (Wildman–Crippen LogP) is 3.18. The number of halogens is 2. The number of hydrogen-bond donors (Lipinski definition) is 2. The highest BCUT2D eigenvalue weighted by Crippen LogP contribution is 2.18.